The molecule has 1 atom stereocenters. The van der Waals surface area contributed by atoms with Crippen LogP contribution in [0, 0.1) is 5.41 Å². The van der Waals surface area contributed by atoms with Crippen LogP contribution in [-0.4, -0.2) is 64.4 Å². The van der Waals surface area contributed by atoms with Gasteiger partial charge in [0.15, 0.2) is 11.0 Å². The molecule has 0 spiro atoms. The van der Waals surface area contributed by atoms with E-state index in [-0.39, 0.29) is 12.5 Å². The van der Waals surface area contributed by atoms with Crippen molar-refractivity contribution in [3.63, 3.8) is 0 Å². The second kappa shape index (κ2) is 11.5. The van der Waals surface area contributed by atoms with E-state index in [9.17, 15) is 9.00 Å². The molecular formula is C28H36N4O3S. The van der Waals surface area contributed by atoms with Crippen LogP contribution in [0.3, 0.4) is 0 Å². The van der Waals surface area contributed by atoms with Crippen LogP contribution in [0.5, 0.6) is 0 Å². The number of amides is 1. The number of β-amino-alcohol motifs (C(OH)–C–C–N with tert-alkyl or cyclic N) is 1. The second-order valence-corrected chi connectivity index (χ2v) is 11.5. The van der Waals surface area contributed by atoms with Crippen LogP contribution in [0.15, 0.2) is 65.6 Å². The fourth-order valence-corrected chi connectivity index (χ4v) is 5.28. The molecule has 0 bridgehead atoms. The summed E-state index contributed by atoms with van der Waals surface area (Å²) in [4.78, 5) is 17.7. The minimum absolute atomic E-state index is 0.0501. The van der Waals surface area contributed by atoms with E-state index in [1.165, 1.54) is 5.56 Å². The second-order valence-electron chi connectivity index (χ2n) is 10.3. The molecule has 3 aromatic rings. The molecule has 8 heteroatoms. The lowest BCUT2D eigenvalue weighted by atomic mass is 9.95. The van der Waals surface area contributed by atoms with Gasteiger partial charge in [0.2, 0.25) is 5.91 Å². The van der Waals surface area contributed by atoms with Crippen molar-refractivity contribution < 1.29 is 14.1 Å². The first-order valence-corrected chi connectivity index (χ1v) is 13.5. The van der Waals surface area contributed by atoms with Crippen LogP contribution in [0.25, 0.3) is 10.8 Å². The molecular weight excluding hydrogens is 472 g/mol. The zero-order valence-corrected chi connectivity index (χ0v) is 22.1. The van der Waals surface area contributed by atoms with Crippen LogP contribution in [0.2, 0.25) is 0 Å². The lowest BCUT2D eigenvalue weighted by molar-refractivity contribution is -0.123. The van der Waals surface area contributed by atoms with Crippen molar-refractivity contribution in [1.82, 2.24) is 9.80 Å². The minimum atomic E-state index is -1.43. The van der Waals surface area contributed by atoms with E-state index in [4.69, 9.17) is 5.11 Å². The summed E-state index contributed by atoms with van der Waals surface area (Å²) >= 11 is 0. The van der Waals surface area contributed by atoms with Gasteiger partial charge < -0.3 is 15.1 Å². The van der Waals surface area contributed by atoms with Crippen LogP contribution in [0.1, 0.15) is 26.3 Å². The molecule has 1 fully saturated rings. The van der Waals surface area contributed by atoms with Crippen molar-refractivity contribution >= 4 is 39.0 Å². The summed E-state index contributed by atoms with van der Waals surface area (Å²) in [6.07, 6.45) is 0. The van der Waals surface area contributed by atoms with Gasteiger partial charge >= 0.3 is 0 Å². The Morgan fingerprint density at radius 2 is 1.61 bits per heavy atom. The average Bonchev–Trinajstić information content (AvgIpc) is 2.85. The molecule has 0 radical (unpaired) electrons. The monoisotopic (exact) mass is 508 g/mol. The number of carbonyl (C=O) groups excluding carboxylic acids is 1. The summed E-state index contributed by atoms with van der Waals surface area (Å²) in [7, 11) is -1.43. The highest BCUT2D eigenvalue weighted by molar-refractivity contribution is 7.86. The maximum Gasteiger partial charge on any atom is 0.229 e. The van der Waals surface area contributed by atoms with Crippen molar-refractivity contribution in [2.24, 2.45) is 5.41 Å². The standard InChI is InChI=1S/C28H36N4O3S/c1-28(2,3)27(34)29-23-8-10-24(11-9-23)30-36(35)26-6-4-5-22-19-21(7-12-25(22)26)20-32-15-13-31(14-16-32)17-18-33/h4-12,19,30,33H,13-18,20H2,1-3H3,(H,29,34). The summed E-state index contributed by atoms with van der Waals surface area (Å²) in [5, 5.41) is 14.1. The molecule has 36 heavy (non-hydrogen) atoms. The zero-order chi connectivity index (χ0) is 25.7. The molecule has 7 nitrogen and oxygen atoms in total. The molecule has 1 aliphatic heterocycles. The van der Waals surface area contributed by atoms with Gasteiger partial charge in [0.1, 0.15) is 0 Å². The summed E-state index contributed by atoms with van der Waals surface area (Å²) in [6.45, 7) is 11.4. The third-order valence-corrected chi connectivity index (χ3v) is 7.60. The van der Waals surface area contributed by atoms with Gasteiger partial charge in [-0.3, -0.25) is 14.6 Å². The van der Waals surface area contributed by atoms with Crippen LogP contribution < -0.4 is 10.0 Å². The van der Waals surface area contributed by atoms with E-state index in [1.807, 2.05) is 57.2 Å². The average molecular weight is 509 g/mol. The molecule has 0 aliphatic carbocycles. The third kappa shape index (κ3) is 6.70. The third-order valence-electron chi connectivity index (χ3n) is 6.43. The molecule has 0 saturated carbocycles. The number of hydrogen-bond acceptors (Lipinski definition) is 5. The highest BCUT2D eigenvalue weighted by Gasteiger charge is 2.21. The van der Waals surface area contributed by atoms with Gasteiger partial charge in [0.25, 0.3) is 0 Å². The Hall–Kier alpha value is -2.78. The van der Waals surface area contributed by atoms with Crippen molar-refractivity contribution in [3.8, 4) is 0 Å². The Balaban J connectivity index is 1.41. The number of nitrogens with one attached hydrogen (secondary N) is 2. The van der Waals surface area contributed by atoms with Gasteiger partial charge in [-0.2, -0.15) is 0 Å². The summed E-state index contributed by atoms with van der Waals surface area (Å²) in [6, 6.07) is 19.5. The lowest BCUT2D eigenvalue weighted by Gasteiger charge is -2.34. The van der Waals surface area contributed by atoms with Crippen molar-refractivity contribution in [3.05, 3.63) is 66.2 Å². The molecule has 192 valence electrons. The van der Waals surface area contributed by atoms with Gasteiger partial charge in [-0.1, -0.05) is 45.0 Å². The predicted octanol–water partition coefficient (Wildman–Crippen LogP) is 4.07. The number of aliphatic hydroxyl groups excluding tert-OH is 1. The Bertz CT molecular complexity index is 1220. The summed E-state index contributed by atoms with van der Waals surface area (Å²) in [5.74, 6) is -0.0501. The number of aliphatic hydroxyl groups is 1. The minimum Gasteiger partial charge on any atom is -0.395 e. The predicted molar refractivity (Wildman–Crippen MR) is 147 cm³/mol. The fraction of sp³-hybridized carbons (Fsp3) is 0.393. The Morgan fingerprint density at radius 1 is 0.944 bits per heavy atom. The highest BCUT2D eigenvalue weighted by atomic mass is 32.2. The smallest absolute Gasteiger partial charge is 0.229 e. The lowest BCUT2D eigenvalue weighted by Crippen LogP contribution is -2.46. The molecule has 1 heterocycles. The molecule has 3 N–H and O–H groups in total. The van der Waals surface area contributed by atoms with Gasteiger partial charge in [-0.05, 0) is 52.7 Å². The number of nitrogens with zero attached hydrogens (tertiary/aromatic N) is 2. The van der Waals surface area contributed by atoms with Gasteiger partial charge in [0.05, 0.1) is 11.5 Å². The van der Waals surface area contributed by atoms with E-state index in [0.29, 0.717) is 5.69 Å². The van der Waals surface area contributed by atoms with E-state index < -0.39 is 16.4 Å². The van der Waals surface area contributed by atoms with Gasteiger partial charge in [-0.15, -0.1) is 0 Å². The van der Waals surface area contributed by atoms with E-state index in [2.05, 4.69) is 44.1 Å². The number of fused-ring (bicyclic) bond motifs is 1. The van der Waals surface area contributed by atoms with Crippen LogP contribution in [0.4, 0.5) is 11.4 Å². The first kappa shape index (κ1) is 26.3. The fourth-order valence-electron chi connectivity index (χ4n) is 4.24. The molecule has 4 rings (SSSR count). The number of carbonyl (C=O) groups is 1. The largest absolute Gasteiger partial charge is 0.395 e. The SMILES string of the molecule is CC(C)(C)C(=O)Nc1ccc(NS(=O)c2cccc3cc(CN4CCN(CCO)CC4)ccc23)cc1. The van der Waals surface area contributed by atoms with E-state index >= 15 is 0 Å². The molecule has 0 aromatic heterocycles. The zero-order valence-electron chi connectivity index (χ0n) is 21.3. The van der Waals surface area contributed by atoms with Crippen LogP contribution >= 0.6 is 0 Å². The number of piperazine rings is 1. The maximum atomic E-state index is 13.2. The Labute approximate surface area is 216 Å². The van der Waals surface area contributed by atoms with Crippen LogP contribution in [-0.2, 0) is 22.3 Å². The maximum absolute atomic E-state index is 13.2. The molecule has 1 saturated heterocycles. The van der Waals surface area contributed by atoms with Crippen molar-refractivity contribution in [2.45, 2.75) is 32.2 Å². The quantitative estimate of drug-likeness (QED) is 0.427. The molecule has 1 amide bonds. The van der Waals surface area contributed by atoms with Crippen molar-refractivity contribution in [1.29, 1.82) is 0 Å². The summed E-state index contributed by atoms with van der Waals surface area (Å²) in [5.41, 5.74) is 2.19. The number of hydrogen-bond donors (Lipinski definition) is 3. The Kier molecular flexibility index (Phi) is 8.41. The van der Waals surface area contributed by atoms with Gasteiger partial charge in [0, 0.05) is 56.1 Å². The van der Waals surface area contributed by atoms with E-state index in [1.54, 1.807) is 0 Å². The van der Waals surface area contributed by atoms with E-state index in [0.717, 1.165) is 60.6 Å². The number of benzene rings is 3. The number of rotatable bonds is 8. The highest BCUT2D eigenvalue weighted by Crippen LogP contribution is 2.26. The normalized spacial score (nSPS) is 16.1. The molecule has 3 aromatic carbocycles. The van der Waals surface area contributed by atoms with Crippen molar-refractivity contribution in [2.75, 3.05) is 49.4 Å². The Morgan fingerprint density at radius 3 is 2.28 bits per heavy atom. The first-order valence-electron chi connectivity index (χ1n) is 12.4. The van der Waals surface area contributed by atoms with Gasteiger partial charge in [-0.25, -0.2) is 4.21 Å². The molecule has 1 aliphatic rings. The first-order chi connectivity index (χ1) is 17.2. The number of anilines is 2. The topological polar surface area (TPSA) is 84.9 Å². The summed E-state index contributed by atoms with van der Waals surface area (Å²) < 4.78 is 16.3. The molecule has 1 unspecified atom stereocenters.